The first-order valence-corrected chi connectivity index (χ1v) is 22.6. The first-order valence-electron chi connectivity index (χ1n) is 21.8. The summed E-state index contributed by atoms with van der Waals surface area (Å²) in [5, 5.41) is 14.2. The Morgan fingerprint density at radius 3 is 2.03 bits per heavy atom. The van der Waals surface area contributed by atoms with E-state index in [1.54, 1.807) is 0 Å². The Morgan fingerprint density at radius 1 is 0.453 bits per heavy atom. The summed E-state index contributed by atoms with van der Waals surface area (Å²) in [6, 6.07) is 69.9. The molecule has 1 aliphatic rings. The van der Waals surface area contributed by atoms with Crippen LogP contribution in [0.3, 0.4) is 0 Å². The van der Waals surface area contributed by atoms with Crippen molar-refractivity contribution in [3.63, 3.8) is 0 Å². The van der Waals surface area contributed by atoms with Crippen LogP contribution in [0.25, 0.3) is 108 Å². The molecule has 0 amide bonds. The lowest BCUT2D eigenvalue weighted by atomic mass is 9.98. The fourth-order valence-corrected chi connectivity index (χ4v) is 11.4. The molecule has 0 saturated heterocycles. The summed E-state index contributed by atoms with van der Waals surface area (Å²) in [6.07, 6.45) is 2.88. The van der Waals surface area contributed by atoms with E-state index in [2.05, 4.69) is 199 Å². The molecule has 0 N–H and O–H groups in total. The van der Waals surface area contributed by atoms with Gasteiger partial charge in [0.15, 0.2) is 11.4 Å². The van der Waals surface area contributed by atoms with Crippen LogP contribution in [0.2, 0.25) is 0 Å². The first-order chi connectivity index (χ1) is 31.7. The van der Waals surface area contributed by atoms with Crippen LogP contribution < -0.4 is 0 Å². The van der Waals surface area contributed by atoms with E-state index in [4.69, 9.17) is 14.4 Å². The SMILES string of the molecule is C1=C(c2ccc3sc4ccccc4c3c2)N=C(c2ccc(-n3c4cc5ccccc5cc4c4c5ccccc5ccc43)c3oc4ccccc4c23)N=C(c2cccc3ccccc23)C1. The fraction of sp³-hybridized carbons (Fsp3) is 0.0169. The second-order valence-electron chi connectivity index (χ2n) is 16.8. The zero-order chi connectivity index (χ0) is 41.9. The van der Waals surface area contributed by atoms with E-state index in [0.717, 1.165) is 66.8 Å². The standard InChI is InChI=1S/C59H35N3OS/c1-2-15-38-34-52-47(32-37(38)14-1)56-41-18-6-4-13-36(41)24-29-50(56)62(52)51-30-26-45(57-44-20-7-9-22-53(44)63-58(51)57)59-60-48(39-25-31-55-46(33-39)43-19-8-10-23-54(43)64-55)27-28-49(61-59)42-21-11-16-35-12-3-5-17-40(35)42/h1-27,29-34H,28H2. The number of fused-ring (bicyclic) bond motifs is 13. The highest BCUT2D eigenvalue weighted by Crippen LogP contribution is 2.44. The number of furan rings is 1. The van der Waals surface area contributed by atoms with Crippen molar-refractivity contribution in [2.75, 3.05) is 0 Å². The van der Waals surface area contributed by atoms with Crippen LogP contribution in [0, 0.1) is 0 Å². The Labute approximate surface area is 371 Å². The van der Waals surface area contributed by atoms with Gasteiger partial charge in [0, 0.05) is 64.8 Å². The molecule has 0 unspecified atom stereocenters. The largest absolute Gasteiger partial charge is 0.454 e. The molecular weight excluding hydrogens is 799 g/mol. The number of hydrogen-bond donors (Lipinski definition) is 0. The Bertz CT molecular complexity index is 4230. The number of thiophene rings is 1. The summed E-state index contributed by atoms with van der Waals surface area (Å²) in [6.45, 7) is 0. The zero-order valence-corrected chi connectivity index (χ0v) is 35.2. The molecule has 10 aromatic carbocycles. The van der Waals surface area contributed by atoms with E-state index in [1.807, 2.05) is 17.4 Å². The molecule has 1 aliphatic heterocycles. The van der Waals surface area contributed by atoms with Crippen molar-refractivity contribution in [1.29, 1.82) is 0 Å². The molecule has 5 heteroatoms. The molecule has 4 heterocycles. The maximum Gasteiger partial charge on any atom is 0.160 e. The normalized spacial score (nSPS) is 13.5. The minimum Gasteiger partial charge on any atom is -0.454 e. The van der Waals surface area contributed by atoms with E-state index >= 15 is 0 Å². The third-order valence-electron chi connectivity index (χ3n) is 13.2. The van der Waals surface area contributed by atoms with Gasteiger partial charge in [0.1, 0.15) is 5.58 Å². The van der Waals surface area contributed by atoms with Gasteiger partial charge in [-0.1, -0.05) is 146 Å². The Kier molecular flexibility index (Phi) is 7.59. The van der Waals surface area contributed by atoms with Crippen molar-refractivity contribution in [3.05, 3.63) is 217 Å². The lowest BCUT2D eigenvalue weighted by Crippen LogP contribution is -2.07. The Balaban J connectivity index is 1.05. The number of hydrogen-bond acceptors (Lipinski definition) is 4. The summed E-state index contributed by atoms with van der Waals surface area (Å²) in [4.78, 5) is 11.2. The third-order valence-corrected chi connectivity index (χ3v) is 14.4. The highest BCUT2D eigenvalue weighted by atomic mass is 32.1. The van der Waals surface area contributed by atoms with E-state index in [0.29, 0.717) is 12.3 Å². The number of nitrogens with zero attached hydrogens (tertiary/aromatic N) is 3. The molecule has 3 aromatic heterocycles. The topological polar surface area (TPSA) is 42.8 Å². The number of benzene rings is 10. The summed E-state index contributed by atoms with van der Waals surface area (Å²) in [5.41, 5.74) is 9.81. The van der Waals surface area contributed by atoms with Gasteiger partial charge in [-0.2, -0.15) is 0 Å². The number of para-hydroxylation sites is 1. The summed E-state index contributed by atoms with van der Waals surface area (Å²) < 4.78 is 12.0. The second kappa shape index (κ2) is 13.7. The number of aliphatic imine (C=N–C) groups is 2. The molecule has 298 valence electrons. The van der Waals surface area contributed by atoms with Crippen LogP contribution in [0.4, 0.5) is 0 Å². The van der Waals surface area contributed by atoms with Gasteiger partial charge in [-0.15, -0.1) is 11.3 Å². The van der Waals surface area contributed by atoms with Crippen molar-refractivity contribution in [3.8, 4) is 5.69 Å². The molecule has 0 spiro atoms. The van der Waals surface area contributed by atoms with Gasteiger partial charge in [-0.05, 0) is 86.9 Å². The molecule has 4 nitrogen and oxygen atoms in total. The van der Waals surface area contributed by atoms with Gasteiger partial charge in [0.2, 0.25) is 0 Å². The van der Waals surface area contributed by atoms with Crippen LogP contribution in [-0.2, 0) is 0 Å². The molecule has 0 fully saturated rings. The van der Waals surface area contributed by atoms with Crippen molar-refractivity contribution < 1.29 is 4.42 Å². The quantitative estimate of drug-likeness (QED) is 0.174. The van der Waals surface area contributed by atoms with Gasteiger partial charge in [0.05, 0.1) is 28.1 Å². The van der Waals surface area contributed by atoms with Gasteiger partial charge < -0.3 is 8.98 Å². The number of allylic oxidation sites excluding steroid dienone is 1. The molecule has 0 radical (unpaired) electrons. The van der Waals surface area contributed by atoms with Crippen molar-refractivity contribution in [2.45, 2.75) is 6.42 Å². The smallest absolute Gasteiger partial charge is 0.160 e. The molecule has 0 atom stereocenters. The predicted octanol–water partition coefficient (Wildman–Crippen LogP) is 16.2. The fourth-order valence-electron chi connectivity index (χ4n) is 10.3. The van der Waals surface area contributed by atoms with Crippen LogP contribution in [0.15, 0.2) is 215 Å². The number of amidine groups is 1. The third kappa shape index (κ3) is 5.28. The molecule has 14 rings (SSSR count). The highest BCUT2D eigenvalue weighted by molar-refractivity contribution is 7.25. The van der Waals surface area contributed by atoms with Crippen molar-refractivity contribution >= 4 is 125 Å². The lowest BCUT2D eigenvalue weighted by Gasteiger charge is -2.13. The van der Waals surface area contributed by atoms with Gasteiger partial charge >= 0.3 is 0 Å². The molecule has 64 heavy (non-hydrogen) atoms. The molecule has 0 bridgehead atoms. The summed E-state index contributed by atoms with van der Waals surface area (Å²) in [7, 11) is 0. The summed E-state index contributed by atoms with van der Waals surface area (Å²) >= 11 is 1.83. The molecule has 0 saturated carbocycles. The van der Waals surface area contributed by atoms with Crippen LogP contribution in [0.1, 0.15) is 23.1 Å². The minimum atomic E-state index is 0.620. The predicted molar refractivity (Wildman–Crippen MR) is 272 cm³/mol. The average molecular weight is 834 g/mol. The van der Waals surface area contributed by atoms with E-state index in [-0.39, 0.29) is 0 Å². The maximum atomic E-state index is 7.07. The van der Waals surface area contributed by atoms with Gasteiger partial charge in [-0.3, -0.25) is 0 Å². The second-order valence-corrected chi connectivity index (χ2v) is 17.9. The zero-order valence-electron chi connectivity index (χ0n) is 34.4. The van der Waals surface area contributed by atoms with Crippen LogP contribution in [0.5, 0.6) is 0 Å². The van der Waals surface area contributed by atoms with Gasteiger partial charge in [-0.25, -0.2) is 9.98 Å². The molecular formula is C59H35N3OS. The molecule has 13 aromatic rings. The lowest BCUT2D eigenvalue weighted by molar-refractivity contribution is 0.666. The van der Waals surface area contributed by atoms with Gasteiger partial charge in [0.25, 0.3) is 0 Å². The number of rotatable bonds is 4. The average Bonchev–Trinajstić information content (AvgIpc) is 3.97. The maximum absolute atomic E-state index is 7.07. The van der Waals surface area contributed by atoms with Crippen molar-refractivity contribution in [2.24, 2.45) is 9.98 Å². The van der Waals surface area contributed by atoms with E-state index in [1.165, 1.54) is 63.3 Å². The van der Waals surface area contributed by atoms with Crippen LogP contribution >= 0.6 is 11.3 Å². The number of aromatic nitrogens is 1. The Morgan fingerprint density at radius 2 is 1.16 bits per heavy atom. The Hall–Kier alpha value is -8.12. The van der Waals surface area contributed by atoms with Crippen LogP contribution in [-0.4, -0.2) is 16.1 Å². The monoisotopic (exact) mass is 833 g/mol. The van der Waals surface area contributed by atoms with E-state index in [9.17, 15) is 0 Å². The summed E-state index contributed by atoms with van der Waals surface area (Å²) in [5.74, 6) is 0.657. The first kappa shape index (κ1) is 35.5. The minimum absolute atomic E-state index is 0.620. The molecule has 0 aliphatic carbocycles. The van der Waals surface area contributed by atoms with E-state index < -0.39 is 0 Å². The highest BCUT2D eigenvalue weighted by Gasteiger charge is 2.25. The van der Waals surface area contributed by atoms with Crippen molar-refractivity contribution in [1.82, 2.24) is 4.57 Å².